The van der Waals surface area contributed by atoms with Gasteiger partial charge >= 0.3 is 0 Å². The maximum Gasteiger partial charge on any atom is 0.291 e. The molecule has 2 rings (SSSR count). The van der Waals surface area contributed by atoms with E-state index in [4.69, 9.17) is 0 Å². The second-order valence-corrected chi connectivity index (χ2v) is 4.53. The lowest BCUT2D eigenvalue weighted by atomic mass is 10.2. The molecule has 0 unspecified atom stereocenters. The largest absolute Gasteiger partial charge is 0.370 e. The Labute approximate surface area is 108 Å². The number of thiazole rings is 1. The van der Waals surface area contributed by atoms with E-state index in [1.165, 1.54) is 17.4 Å². The third-order valence-corrected chi connectivity index (χ3v) is 3.09. The number of nitro groups is 1. The Morgan fingerprint density at radius 1 is 1.50 bits per heavy atom. The second kappa shape index (κ2) is 5.54. The minimum absolute atomic E-state index is 0.0341. The highest BCUT2D eigenvalue weighted by Crippen LogP contribution is 2.22. The molecule has 0 spiro atoms. The van der Waals surface area contributed by atoms with Gasteiger partial charge in [-0.3, -0.25) is 10.1 Å². The van der Waals surface area contributed by atoms with Crippen molar-refractivity contribution < 1.29 is 4.92 Å². The predicted molar refractivity (Wildman–Crippen MR) is 70.0 cm³/mol. The Balaban J connectivity index is 2.34. The van der Waals surface area contributed by atoms with Crippen LogP contribution in [0.3, 0.4) is 0 Å². The first kappa shape index (κ1) is 12.4. The van der Waals surface area contributed by atoms with Crippen LogP contribution in [0.1, 0.15) is 17.6 Å². The molecule has 0 radical (unpaired) electrons. The first-order valence-electron chi connectivity index (χ1n) is 5.47. The lowest BCUT2D eigenvalue weighted by molar-refractivity contribution is -0.385. The summed E-state index contributed by atoms with van der Waals surface area (Å²) in [7, 11) is 0. The molecule has 0 aromatic carbocycles. The molecule has 2 heterocycles. The van der Waals surface area contributed by atoms with Crippen molar-refractivity contribution in [3.8, 4) is 0 Å². The molecular formula is C11H12N4O2S. The SMILES string of the molecule is CCNc1ccc([N+](=O)[O-])c(Cc2nccs2)n1. The van der Waals surface area contributed by atoms with Crippen LogP contribution < -0.4 is 5.32 Å². The summed E-state index contributed by atoms with van der Waals surface area (Å²) in [5.41, 5.74) is 0.472. The molecule has 94 valence electrons. The lowest BCUT2D eigenvalue weighted by Crippen LogP contribution is -2.04. The summed E-state index contributed by atoms with van der Waals surface area (Å²) < 4.78 is 0. The van der Waals surface area contributed by atoms with Crippen molar-refractivity contribution in [1.82, 2.24) is 9.97 Å². The molecule has 0 aliphatic rings. The third-order valence-electron chi connectivity index (χ3n) is 2.31. The topological polar surface area (TPSA) is 81.0 Å². The summed E-state index contributed by atoms with van der Waals surface area (Å²) in [6, 6.07) is 3.10. The van der Waals surface area contributed by atoms with Gasteiger partial charge < -0.3 is 5.32 Å². The van der Waals surface area contributed by atoms with Gasteiger partial charge in [-0.1, -0.05) is 0 Å². The van der Waals surface area contributed by atoms with Crippen LogP contribution >= 0.6 is 11.3 Å². The van der Waals surface area contributed by atoms with Gasteiger partial charge in [-0.15, -0.1) is 11.3 Å². The van der Waals surface area contributed by atoms with Crippen molar-refractivity contribution in [3.05, 3.63) is 44.5 Å². The molecule has 2 aromatic heterocycles. The number of hydrogen-bond acceptors (Lipinski definition) is 6. The zero-order valence-electron chi connectivity index (χ0n) is 9.79. The zero-order chi connectivity index (χ0) is 13.0. The molecule has 2 aromatic rings. The van der Waals surface area contributed by atoms with Gasteiger partial charge in [-0.25, -0.2) is 9.97 Å². The number of hydrogen-bond donors (Lipinski definition) is 1. The van der Waals surface area contributed by atoms with Crippen LogP contribution in [0.15, 0.2) is 23.7 Å². The van der Waals surface area contributed by atoms with Crippen LogP contribution in [-0.4, -0.2) is 21.4 Å². The molecule has 0 aliphatic carbocycles. The average molecular weight is 264 g/mol. The van der Waals surface area contributed by atoms with E-state index < -0.39 is 4.92 Å². The minimum Gasteiger partial charge on any atom is -0.370 e. The van der Waals surface area contributed by atoms with Crippen LogP contribution in [0.5, 0.6) is 0 Å². The summed E-state index contributed by atoms with van der Waals surface area (Å²) in [4.78, 5) is 18.9. The van der Waals surface area contributed by atoms with Crippen LogP contribution in [0.25, 0.3) is 0 Å². The van der Waals surface area contributed by atoms with Crippen LogP contribution in [0.2, 0.25) is 0 Å². The van der Waals surface area contributed by atoms with E-state index >= 15 is 0 Å². The first-order chi connectivity index (χ1) is 8.70. The van der Waals surface area contributed by atoms with Gasteiger partial charge in [0.1, 0.15) is 11.5 Å². The van der Waals surface area contributed by atoms with E-state index in [0.29, 0.717) is 17.9 Å². The number of nitrogens with zero attached hydrogens (tertiary/aromatic N) is 3. The highest BCUT2D eigenvalue weighted by molar-refractivity contribution is 7.09. The highest BCUT2D eigenvalue weighted by atomic mass is 32.1. The average Bonchev–Trinajstić information content (AvgIpc) is 2.82. The van der Waals surface area contributed by atoms with Crippen LogP contribution in [0.4, 0.5) is 11.5 Å². The molecule has 1 N–H and O–H groups in total. The fraction of sp³-hybridized carbons (Fsp3) is 0.273. The van der Waals surface area contributed by atoms with Crippen molar-refractivity contribution in [2.45, 2.75) is 13.3 Å². The van der Waals surface area contributed by atoms with Gasteiger partial charge in [0.15, 0.2) is 0 Å². The number of anilines is 1. The van der Waals surface area contributed by atoms with Gasteiger partial charge in [0.25, 0.3) is 5.69 Å². The van der Waals surface area contributed by atoms with E-state index in [1.807, 2.05) is 12.3 Å². The molecule has 0 atom stereocenters. The number of pyridine rings is 1. The van der Waals surface area contributed by atoms with Crippen molar-refractivity contribution in [1.29, 1.82) is 0 Å². The quantitative estimate of drug-likeness (QED) is 0.662. The molecule has 0 fully saturated rings. The monoisotopic (exact) mass is 264 g/mol. The van der Waals surface area contributed by atoms with E-state index in [9.17, 15) is 10.1 Å². The van der Waals surface area contributed by atoms with Crippen molar-refractivity contribution in [2.24, 2.45) is 0 Å². The Kier molecular flexibility index (Phi) is 3.83. The van der Waals surface area contributed by atoms with Crippen molar-refractivity contribution in [3.63, 3.8) is 0 Å². The molecule has 0 aliphatic heterocycles. The molecule has 0 amide bonds. The van der Waals surface area contributed by atoms with E-state index in [0.717, 1.165) is 11.6 Å². The summed E-state index contributed by atoms with van der Waals surface area (Å²) >= 11 is 1.46. The molecule has 0 saturated carbocycles. The fourth-order valence-electron chi connectivity index (χ4n) is 1.55. The number of nitrogens with one attached hydrogen (secondary N) is 1. The van der Waals surface area contributed by atoms with Crippen molar-refractivity contribution >= 4 is 22.8 Å². The fourth-order valence-corrected chi connectivity index (χ4v) is 2.17. The Bertz CT molecular complexity index is 542. The molecular weight excluding hydrogens is 252 g/mol. The molecule has 6 nitrogen and oxygen atoms in total. The van der Waals surface area contributed by atoms with E-state index in [-0.39, 0.29) is 5.69 Å². The normalized spacial score (nSPS) is 10.3. The molecule has 7 heteroatoms. The minimum atomic E-state index is -0.411. The predicted octanol–water partition coefficient (Wildman–Crippen LogP) is 2.47. The maximum atomic E-state index is 10.9. The molecule has 0 saturated heterocycles. The zero-order valence-corrected chi connectivity index (χ0v) is 10.6. The Morgan fingerprint density at radius 2 is 2.33 bits per heavy atom. The standard InChI is InChI=1S/C11H12N4O2S/c1-2-12-10-4-3-9(15(16)17)8(14-10)7-11-13-5-6-18-11/h3-6H,2,7H2,1H3,(H,12,14). The van der Waals surface area contributed by atoms with Gasteiger partial charge in [-0.05, 0) is 13.0 Å². The number of rotatable bonds is 5. The molecule has 0 bridgehead atoms. The van der Waals surface area contributed by atoms with Gasteiger partial charge in [0.2, 0.25) is 0 Å². The lowest BCUT2D eigenvalue weighted by Gasteiger charge is -2.05. The first-order valence-corrected chi connectivity index (χ1v) is 6.35. The summed E-state index contributed by atoms with van der Waals surface area (Å²) in [5.74, 6) is 0.648. The number of aromatic nitrogens is 2. The van der Waals surface area contributed by atoms with Crippen LogP contribution in [-0.2, 0) is 6.42 Å². The summed E-state index contributed by atoms with van der Waals surface area (Å²) in [6.45, 7) is 2.67. The van der Waals surface area contributed by atoms with Crippen molar-refractivity contribution in [2.75, 3.05) is 11.9 Å². The van der Waals surface area contributed by atoms with E-state index in [2.05, 4.69) is 15.3 Å². The Morgan fingerprint density at radius 3 is 2.94 bits per heavy atom. The van der Waals surface area contributed by atoms with Crippen LogP contribution in [0, 0.1) is 10.1 Å². The smallest absolute Gasteiger partial charge is 0.291 e. The summed E-state index contributed by atoms with van der Waals surface area (Å²) in [6.07, 6.45) is 2.06. The highest BCUT2D eigenvalue weighted by Gasteiger charge is 2.17. The van der Waals surface area contributed by atoms with Gasteiger partial charge in [-0.2, -0.15) is 0 Å². The van der Waals surface area contributed by atoms with Gasteiger partial charge in [0, 0.05) is 30.6 Å². The second-order valence-electron chi connectivity index (χ2n) is 3.55. The Hall–Kier alpha value is -2.02. The maximum absolute atomic E-state index is 10.9. The molecule has 18 heavy (non-hydrogen) atoms. The summed E-state index contributed by atoms with van der Waals surface area (Å²) in [5, 5.41) is 16.7. The van der Waals surface area contributed by atoms with Gasteiger partial charge in [0.05, 0.1) is 9.93 Å². The third kappa shape index (κ3) is 2.80. The van der Waals surface area contributed by atoms with E-state index in [1.54, 1.807) is 12.3 Å².